The van der Waals surface area contributed by atoms with Gasteiger partial charge >= 0.3 is 12.2 Å². The zero-order chi connectivity index (χ0) is 23.4. The van der Waals surface area contributed by atoms with E-state index in [-0.39, 0.29) is 30.9 Å². The van der Waals surface area contributed by atoms with Gasteiger partial charge in [0.2, 0.25) is 0 Å². The molecule has 2 aliphatic rings. The van der Waals surface area contributed by atoms with Gasteiger partial charge in [0, 0.05) is 18.8 Å². The minimum absolute atomic E-state index is 0.0755. The molecule has 2 fully saturated rings. The third-order valence-electron chi connectivity index (χ3n) is 6.12. The predicted octanol–water partition coefficient (Wildman–Crippen LogP) is 5.85. The molecule has 1 aliphatic carbocycles. The minimum Gasteiger partial charge on any atom is -0.445 e. The van der Waals surface area contributed by atoms with Crippen LogP contribution < -0.4 is 4.90 Å². The predicted molar refractivity (Wildman–Crippen MR) is 126 cm³/mol. The fraction of sp³-hybridized carbons (Fsp3) is 0.500. The summed E-state index contributed by atoms with van der Waals surface area (Å²) in [4.78, 5) is 33.7. The molecular weight excluding hydrogens is 418 g/mol. The van der Waals surface area contributed by atoms with Gasteiger partial charge < -0.3 is 14.4 Å². The summed E-state index contributed by atoms with van der Waals surface area (Å²) in [6.45, 7) is 6.52. The molecule has 7 nitrogen and oxygen atoms in total. The normalized spacial score (nSPS) is 18.5. The standard InChI is InChI=1S/C26H33N3O4/c1-26(2,3)33-25(31)29(21-11-7-12-21)23-15-14-20(17-27-23)22-13-8-16-28(22)24(30)32-18-19-9-5-4-6-10-19/h4-6,9-10,14-15,17,21-22H,7-8,11-13,16,18H2,1-3H3/t22-/m0/s1. The van der Waals surface area contributed by atoms with E-state index in [2.05, 4.69) is 4.98 Å². The van der Waals surface area contributed by atoms with Crippen molar-refractivity contribution in [3.63, 3.8) is 0 Å². The van der Waals surface area contributed by atoms with Crippen molar-refractivity contribution in [1.82, 2.24) is 9.88 Å². The number of hydrogen-bond acceptors (Lipinski definition) is 5. The van der Waals surface area contributed by atoms with Crippen LogP contribution in [-0.2, 0) is 16.1 Å². The average Bonchev–Trinajstić information content (AvgIpc) is 3.24. The molecule has 1 aromatic carbocycles. The van der Waals surface area contributed by atoms with Crippen molar-refractivity contribution in [2.75, 3.05) is 11.4 Å². The Bertz CT molecular complexity index is 952. The fourth-order valence-corrected chi connectivity index (χ4v) is 4.26. The molecule has 2 heterocycles. The van der Waals surface area contributed by atoms with Gasteiger partial charge in [-0.15, -0.1) is 0 Å². The minimum atomic E-state index is -0.566. The molecule has 0 radical (unpaired) electrons. The molecule has 0 N–H and O–H groups in total. The molecular formula is C26H33N3O4. The van der Waals surface area contributed by atoms with Gasteiger partial charge in [-0.25, -0.2) is 14.6 Å². The molecule has 1 saturated carbocycles. The highest BCUT2D eigenvalue weighted by atomic mass is 16.6. The Morgan fingerprint density at radius 3 is 2.42 bits per heavy atom. The van der Waals surface area contributed by atoms with Crippen molar-refractivity contribution >= 4 is 18.0 Å². The van der Waals surface area contributed by atoms with Crippen LogP contribution in [0.15, 0.2) is 48.7 Å². The molecule has 1 aliphatic heterocycles. The SMILES string of the molecule is CC(C)(C)OC(=O)N(c1ccc([C@@H]2CCCN2C(=O)OCc2ccccc2)cn1)C1CCC1. The van der Waals surface area contributed by atoms with Crippen LogP contribution in [0, 0.1) is 0 Å². The first kappa shape index (κ1) is 23.1. The third-order valence-corrected chi connectivity index (χ3v) is 6.12. The molecule has 33 heavy (non-hydrogen) atoms. The van der Waals surface area contributed by atoms with Gasteiger partial charge in [0.1, 0.15) is 18.0 Å². The smallest absolute Gasteiger partial charge is 0.416 e. The third kappa shape index (κ3) is 5.64. The number of likely N-dealkylation sites (tertiary alicyclic amines) is 1. The Morgan fingerprint density at radius 2 is 1.82 bits per heavy atom. The highest BCUT2D eigenvalue weighted by Gasteiger charge is 2.35. The summed E-state index contributed by atoms with van der Waals surface area (Å²) in [7, 11) is 0. The average molecular weight is 452 g/mol. The van der Waals surface area contributed by atoms with E-state index in [1.54, 1.807) is 16.0 Å². The van der Waals surface area contributed by atoms with Gasteiger partial charge in [-0.05, 0) is 70.1 Å². The molecule has 1 aromatic heterocycles. The van der Waals surface area contributed by atoms with Crippen LogP contribution in [0.3, 0.4) is 0 Å². The number of pyridine rings is 1. The zero-order valence-corrected chi connectivity index (χ0v) is 19.7. The molecule has 0 bridgehead atoms. The summed E-state index contributed by atoms with van der Waals surface area (Å²) < 4.78 is 11.2. The second-order valence-corrected chi connectivity index (χ2v) is 9.78. The fourth-order valence-electron chi connectivity index (χ4n) is 4.26. The number of amides is 2. The lowest BCUT2D eigenvalue weighted by molar-refractivity contribution is 0.0548. The largest absolute Gasteiger partial charge is 0.445 e. The second kappa shape index (κ2) is 9.81. The number of nitrogens with zero attached hydrogens (tertiary/aromatic N) is 3. The Kier molecular flexibility index (Phi) is 6.86. The monoisotopic (exact) mass is 451 g/mol. The van der Waals surface area contributed by atoms with E-state index in [0.717, 1.165) is 43.2 Å². The number of rotatable bonds is 5. The van der Waals surface area contributed by atoms with Gasteiger partial charge in [-0.3, -0.25) is 4.90 Å². The Labute approximate surface area is 195 Å². The number of ether oxygens (including phenoxy) is 2. The molecule has 2 aromatic rings. The van der Waals surface area contributed by atoms with Crippen LogP contribution in [0.25, 0.3) is 0 Å². The summed E-state index contributed by atoms with van der Waals surface area (Å²) in [5.41, 5.74) is 1.35. The van der Waals surface area contributed by atoms with Crippen molar-refractivity contribution in [3.8, 4) is 0 Å². The van der Waals surface area contributed by atoms with E-state index in [1.807, 2.05) is 63.2 Å². The van der Waals surface area contributed by atoms with E-state index in [1.165, 1.54) is 0 Å². The summed E-state index contributed by atoms with van der Waals surface area (Å²) in [6.07, 6.45) is 5.88. The quantitative estimate of drug-likeness (QED) is 0.570. The molecule has 0 spiro atoms. The maximum absolute atomic E-state index is 12.9. The Hall–Kier alpha value is -3.09. The first-order chi connectivity index (χ1) is 15.8. The van der Waals surface area contributed by atoms with E-state index in [0.29, 0.717) is 12.4 Å². The summed E-state index contributed by atoms with van der Waals surface area (Å²) in [6, 6.07) is 13.6. The van der Waals surface area contributed by atoms with E-state index >= 15 is 0 Å². The van der Waals surface area contributed by atoms with E-state index in [4.69, 9.17) is 9.47 Å². The van der Waals surface area contributed by atoms with Gasteiger partial charge in [0.25, 0.3) is 0 Å². The second-order valence-electron chi connectivity index (χ2n) is 9.78. The maximum atomic E-state index is 12.9. The molecule has 176 valence electrons. The van der Waals surface area contributed by atoms with Crippen molar-refractivity contribution in [2.24, 2.45) is 0 Å². The first-order valence-electron chi connectivity index (χ1n) is 11.8. The number of carbonyl (C=O) groups is 2. The lowest BCUT2D eigenvalue weighted by atomic mass is 9.91. The highest BCUT2D eigenvalue weighted by Crippen LogP contribution is 2.34. The number of aromatic nitrogens is 1. The van der Waals surface area contributed by atoms with Gasteiger partial charge in [-0.1, -0.05) is 36.4 Å². The lowest BCUT2D eigenvalue weighted by Crippen LogP contribution is -2.47. The number of carbonyl (C=O) groups excluding carboxylic acids is 2. The topological polar surface area (TPSA) is 72.0 Å². The molecule has 2 amide bonds. The maximum Gasteiger partial charge on any atom is 0.416 e. The van der Waals surface area contributed by atoms with E-state index < -0.39 is 5.60 Å². The van der Waals surface area contributed by atoms with Crippen LogP contribution >= 0.6 is 0 Å². The number of hydrogen-bond donors (Lipinski definition) is 0. The molecule has 1 saturated heterocycles. The Balaban J connectivity index is 1.44. The van der Waals surface area contributed by atoms with Gasteiger partial charge in [-0.2, -0.15) is 0 Å². The van der Waals surface area contributed by atoms with Crippen molar-refractivity contribution < 1.29 is 19.1 Å². The zero-order valence-electron chi connectivity index (χ0n) is 19.7. The summed E-state index contributed by atoms with van der Waals surface area (Å²) >= 11 is 0. The molecule has 7 heteroatoms. The molecule has 1 atom stereocenters. The lowest BCUT2D eigenvalue weighted by Gasteiger charge is -2.37. The van der Waals surface area contributed by atoms with Crippen molar-refractivity contribution in [3.05, 3.63) is 59.8 Å². The highest BCUT2D eigenvalue weighted by molar-refractivity contribution is 5.87. The Morgan fingerprint density at radius 1 is 1.06 bits per heavy atom. The number of benzene rings is 1. The van der Waals surface area contributed by atoms with Crippen molar-refractivity contribution in [1.29, 1.82) is 0 Å². The van der Waals surface area contributed by atoms with Crippen molar-refractivity contribution in [2.45, 2.75) is 77.2 Å². The van der Waals surface area contributed by atoms with Crippen LogP contribution in [0.5, 0.6) is 0 Å². The van der Waals surface area contributed by atoms with Gasteiger partial charge in [0.05, 0.1) is 6.04 Å². The first-order valence-corrected chi connectivity index (χ1v) is 11.8. The van der Waals surface area contributed by atoms with E-state index in [9.17, 15) is 9.59 Å². The number of anilines is 1. The van der Waals surface area contributed by atoms with Gasteiger partial charge in [0.15, 0.2) is 0 Å². The van der Waals surface area contributed by atoms with Crippen LogP contribution in [-0.4, -0.2) is 40.3 Å². The van der Waals surface area contributed by atoms with Crippen LogP contribution in [0.2, 0.25) is 0 Å². The summed E-state index contributed by atoms with van der Waals surface area (Å²) in [5, 5.41) is 0. The molecule has 4 rings (SSSR count). The van der Waals surface area contributed by atoms with Crippen LogP contribution in [0.1, 0.15) is 70.0 Å². The summed E-state index contributed by atoms with van der Waals surface area (Å²) in [5.74, 6) is 0.592. The molecule has 0 unspecified atom stereocenters. The van der Waals surface area contributed by atoms with Crippen LogP contribution in [0.4, 0.5) is 15.4 Å².